The van der Waals surface area contributed by atoms with Gasteiger partial charge in [-0.05, 0) is 42.5 Å². The molecule has 2 aromatic carbocycles. The third-order valence-electron chi connectivity index (χ3n) is 4.09. The summed E-state index contributed by atoms with van der Waals surface area (Å²) in [5.41, 5.74) is 1.58. The van der Waals surface area contributed by atoms with E-state index in [4.69, 9.17) is 11.6 Å². The van der Waals surface area contributed by atoms with E-state index in [0.29, 0.717) is 21.9 Å². The van der Waals surface area contributed by atoms with Crippen LogP contribution in [0.1, 0.15) is 9.67 Å². The van der Waals surface area contributed by atoms with Crippen molar-refractivity contribution in [3.05, 3.63) is 88.8 Å². The maximum Gasteiger partial charge on any atom is 0.349 e. The molecule has 5 nitrogen and oxygen atoms in total. The molecule has 1 N–H and O–H groups in total. The first-order valence-electron chi connectivity index (χ1n) is 8.49. The Morgan fingerprint density at radius 3 is 2.59 bits per heavy atom. The summed E-state index contributed by atoms with van der Waals surface area (Å²) in [5.74, 6) is -1.48. The summed E-state index contributed by atoms with van der Waals surface area (Å²) in [6.07, 6.45) is 3.23. The molecule has 144 valence electrons. The Labute approximate surface area is 174 Å². The third-order valence-corrected chi connectivity index (χ3v) is 5.49. The highest BCUT2D eigenvalue weighted by atomic mass is 35.5. The predicted molar refractivity (Wildman–Crippen MR) is 112 cm³/mol. The van der Waals surface area contributed by atoms with Crippen LogP contribution in [0.3, 0.4) is 0 Å². The van der Waals surface area contributed by atoms with E-state index in [1.165, 1.54) is 18.2 Å². The van der Waals surface area contributed by atoms with Crippen LogP contribution in [0.2, 0.25) is 5.02 Å². The number of carboxylic acids is 1. The number of thiazole rings is 1. The van der Waals surface area contributed by atoms with E-state index < -0.39 is 11.8 Å². The molecule has 0 aliphatic heterocycles. The van der Waals surface area contributed by atoms with Gasteiger partial charge in [0.1, 0.15) is 10.8 Å². The zero-order valence-corrected chi connectivity index (χ0v) is 16.4. The van der Waals surface area contributed by atoms with Crippen molar-refractivity contribution in [2.24, 2.45) is 0 Å². The molecular formula is C21H13ClFN3O2S. The Kier molecular flexibility index (Phi) is 5.24. The number of carbonyl (C=O) groups is 1. The van der Waals surface area contributed by atoms with Gasteiger partial charge in [0.05, 0.1) is 10.7 Å². The Balaban J connectivity index is 1.97. The molecule has 2 heterocycles. The molecule has 0 saturated heterocycles. The lowest BCUT2D eigenvalue weighted by Crippen LogP contribution is -2.14. The molecule has 0 amide bonds. The van der Waals surface area contributed by atoms with Crippen LogP contribution in [0, 0.1) is 5.82 Å². The fraction of sp³-hybridized carbons (Fsp3) is 0. The van der Waals surface area contributed by atoms with Crippen molar-refractivity contribution in [3.8, 4) is 10.6 Å². The second-order valence-electron chi connectivity index (χ2n) is 5.99. The molecule has 0 saturated carbocycles. The largest absolute Gasteiger partial charge is 0.477 e. The van der Waals surface area contributed by atoms with Crippen molar-refractivity contribution in [3.63, 3.8) is 0 Å². The van der Waals surface area contributed by atoms with Crippen LogP contribution in [0.4, 0.5) is 21.6 Å². The van der Waals surface area contributed by atoms with Gasteiger partial charge in [-0.25, -0.2) is 14.2 Å². The minimum atomic E-state index is -1.14. The van der Waals surface area contributed by atoms with E-state index in [0.717, 1.165) is 11.3 Å². The van der Waals surface area contributed by atoms with Crippen LogP contribution >= 0.6 is 22.9 Å². The fourth-order valence-electron chi connectivity index (χ4n) is 2.83. The lowest BCUT2D eigenvalue weighted by molar-refractivity contribution is 0.0702. The lowest BCUT2D eigenvalue weighted by atomic mass is 10.2. The predicted octanol–water partition coefficient (Wildman–Crippen LogP) is 6.17. The molecule has 4 rings (SSSR count). The summed E-state index contributed by atoms with van der Waals surface area (Å²) in [4.78, 5) is 22.2. The molecule has 0 atom stereocenters. The van der Waals surface area contributed by atoms with Gasteiger partial charge < -0.3 is 5.11 Å². The second kappa shape index (κ2) is 7.98. The van der Waals surface area contributed by atoms with Gasteiger partial charge >= 0.3 is 5.97 Å². The number of hydrogen-bond acceptors (Lipinski definition) is 5. The first-order chi connectivity index (χ1) is 14.0. The number of pyridine rings is 1. The molecule has 0 aliphatic carbocycles. The smallest absolute Gasteiger partial charge is 0.349 e. The van der Waals surface area contributed by atoms with E-state index in [1.807, 2.05) is 6.07 Å². The first-order valence-corrected chi connectivity index (χ1v) is 9.69. The van der Waals surface area contributed by atoms with Gasteiger partial charge in [-0.3, -0.25) is 9.88 Å². The first kappa shape index (κ1) is 19.0. The number of aromatic carboxylic acids is 1. The monoisotopic (exact) mass is 425 g/mol. The molecule has 0 spiro atoms. The molecule has 0 radical (unpaired) electrons. The minimum absolute atomic E-state index is 0.00744. The standard InChI is InChI=1S/C21H13ClFN3O2S/c22-16-9-8-14(23)11-17(16)26(15-6-2-1-3-7-15)19-18(21(27)28)29-20(25-19)13-5-4-10-24-12-13/h1-12H,(H,27,28). The molecular weight excluding hydrogens is 413 g/mol. The Morgan fingerprint density at radius 1 is 1.10 bits per heavy atom. The van der Waals surface area contributed by atoms with Crippen LogP contribution in [0.25, 0.3) is 10.6 Å². The summed E-state index contributed by atoms with van der Waals surface area (Å²) in [5, 5.41) is 10.6. The molecule has 0 unspecified atom stereocenters. The Hall–Kier alpha value is -3.29. The normalized spacial score (nSPS) is 10.7. The number of halogens is 2. The second-order valence-corrected chi connectivity index (χ2v) is 7.39. The van der Waals surface area contributed by atoms with E-state index in [9.17, 15) is 14.3 Å². The highest BCUT2D eigenvalue weighted by Crippen LogP contribution is 2.43. The van der Waals surface area contributed by atoms with Crippen molar-refractivity contribution in [1.29, 1.82) is 0 Å². The van der Waals surface area contributed by atoms with Crippen LogP contribution in [0.15, 0.2) is 73.1 Å². The molecule has 0 aliphatic rings. The molecule has 29 heavy (non-hydrogen) atoms. The SMILES string of the molecule is O=C(O)c1sc(-c2cccnc2)nc1N(c1ccccc1)c1cc(F)ccc1Cl. The van der Waals surface area contributed by atoms with Gasteiger partial charge in [-0.2, -0.15) is 0 Å². The van der Waals surface area contributed by atoms with Crippen molar-refractivity contribution in [1.82, 2.24) is 9.97 Å². The maximum atomic E-state index is 14.0. The molecule has 4 aromatic rings. The number of anilines is 3. The summed E-state index contributed by atoms with van der Waals surface area (Å²) >= 11 is 7.38. The van der Waals surface area contributed by atoms with E-state index in [1.54, 1.807) is 53.7 Å². The molecule has 0 fully saturated rings. The van der Waals surface area contributed by atoms with Crippen LogP contribution in [0.5, 0.6) is 0 Å². The molecule has 8 heteroatoms. The number of carboxylic acid groups (broad SMARTS) is 1. The van der Waals surface area contributed by atoms with E-state index >= 15 is 0 Å². The molecule has 2 aromatic heterocycles. The van der Waals surface area contributed by atoms with Crippen molar-refractivity contribution in [2.45, 2.75) is 0 Å². The van der Waals surface area contributed by atoms with Gasteiger partial charge in [0.2, 0.25) is 0 Å². The van der Waals surface area contributed by atoms with Gasteiger partial charge in [-0.1, -0.05) is 29.8 Å². The van der Waals surface area contributed by atoms with Crippen molar-refractivity contribution < 1.29 is 14.3 Å². The Bertz CT molecular complexity index is 1170. The van der Waals surface area contributed by atoms with Crippen molar-refractivity contribution >= 4 is 46.1 Å². The quantitative estimate of drug-likeness (QED) is 0.414. The summed E-state index contributed by atoms with van der Waals surface area (Å²) in [6, 6.07) is 16.4. The van der Waals surface area contributed by atoms with Crippen LogP contribution in [-0.2, 0) is 0 Å². The fourth-order valence-corrected chi connectivity index (χ4v) is 3.91. The van der Waals surface area contributed by atoms with Gasteiger partial charge in [-0.15, -0.1) is 11.3 Å². The van der Waals surface area contributed by atoms with Gasteiger partial charge in [0.25, 0.3) is 0 Å². The maximum absolute atomic E-state index is 14.0. The summed E-state index contributed by atoms with van der Waals surface area (Å²) in [6.45, 7) is 0. The zero-order chi connectivity index (χ0) is 20.4. The number of rotatable bonds is 5. The average Bonchev–Trinajstić information content (AvgIpc) is 3.18. The highest BCUT2D eigenvalue weighted by Gasteiger charge is 2.27. The van der Waals surface area contributed by atoms with Gasteiger partial charge in [0, 0.05) is 23.6 Å². The number of para-hydroxylation sites is 1. The zero-order valence-electron chi connectivity index (χ0n) is 14.8. The number of nitrogens with zero attached hydrogens (tertiary/aromatic N) is 3. The van der Waals surface area contributed by atoms with Crippen LogP contribution in [-0.4, -0.2) is 21.0 Å². The minimum Gasteiger partial charge on any atom is -0.477 e. The Morgan fingerprint density at radius 2 is 1.90 bits per heavy atom. The van der Waals surface area contributed by atoms with Crippen molar-refractivity contribution in [2.75, 3.05) is 4.90 Å². The van der Waals surface area contributed by atoms with Crippen LogP contribution < -0.4 is 4.90 Å². The highest BCUT2D eigenvalue weighted by molar-refractivity contribution is 7.17. The number of benzene rings is 2. The van der Waals surface area contributed by atoms with E-state index in [2.05, 4.69) is 9.97 Å². The number of hydrogen-bond donors (Lipinski definition) is 1. The topological polar surface area (TPSA) is 66.3 Å². The molecule has 0 bridgehead atoms. The van der Waals surface area contributed by atoms with E-state index in [-0.39, 0.29) is 15.7 Å². The average molecular weight is 426 g/mol. The summed E-state index contributed by atoms with van der Waals surface area (Å²) in [7, 11) is 0. The summed E-state index contributed by atoms with van der Waals surface area (Å²) < 4.78 is 14.0. The lowest BCUT2D eigenvalue weighted by Gasteiger charge is -2.24. The van der Waals surface area contributed by atoms with Gasteiger partial charge in [0.15, 0.2) is 10.7 Å². The third kappa shape index (κ3) is 3.83. The number of aromatic nitrogens is 2.